The van der Waals surface area contributed by atoms with Crippen molar-refractivity contribution in [3.05, 3.63) is 17.2 Å². The van der Waals surface area contributed by atoms with Crippen LogP contribution < -0.4 is 9.47 Å². The molecule has 0 amide bonds. The van der Waals surface area contributed by atoms with Crippen molar-refractivity contribution >= 4 is 0 Å². The number of likely N-dealkylation sites (tertiary alicyclic amines) is 1. The number of fused-ring (bicyclic) bond motifs is 3. The molecule has 0 spiro atoms. The lowest BCUT2D eigenvalue weighted by Crippen LogP contribution is -2.61. The fraction of sp³-hybridized carbons (Fsp3) is 0.667. The van der Waals surface area contributed by atoms with E-state index in [1.54, 1.807) is 7.11 Å². The van der Waals surface area contributed by atoms with E-state index in [-0.39, 0.29) is 11.5 Å². The molecule has 5 rings (SSSR count). The third-order valence-corrected chi connectivity index (χ3v) is 6.70. The normalized spacial score (nSPS) is 38.4. The van der Waals surface area contributed by atoms with E-state index in [9.17, 15) is 5.11 Å². The number of hydrogen-bond donors (Lipinski definition) is 1. The van der Waals surface area contributed by atoms with Crippen LogP contribution in [-0.4, -0.2) is 42.9 Å². The molecule has 1 aromatic rings. The summed E-state index contributed by atoms with van der Waals surface area (Å²) in [5, 5.41) is 10.4. The highest BCUT2D eigenvalue weighted by Crippen LogP contribution is 2.64. The quantitative estimate of drug-likeness (QED) is 0.822. The molecular formula is C18H23NO3. The van der Waals surface area contributed by atoms with Gasteiger partial charge in [0.05, 0.1) is 13.2 Å². The monoisotopic (exact) mass is 301 g/mol. The Kier molecular flexibility index (Phi) is 2.51. The first kappa shape index (κ1) is 13.2. The highest BCUT2D eigenvalue weighted by Gasteiger charge is 2.56. The zero-order valence-corrected chi connectivity index (χ0v) is 13.3. The molecule has 2 heterocycles. The van der Waals surface area contributed by atoms with Crippen molar-refractivity contribution < 1.29 is 14.6 Å². The van der Waals surface area contributed by atoms with E-state index in [0.29, 0.717) is 12.0 Å². The van der Waals surface area contributed by atoms with Gasteiger partial charge in [0, 0.05) is 17.0 Å². The fourth-order valence-electron chi connectivity index (χ4n) is 5.61. The number of aliphatic hydroxyl groups is 1. The minimum atomic E-state index is -0.165. The average Bonchev–Trinajstić information content (AvgIpc) is 3.30. The average molecular weight is 301 g/mol. The Bertz CT molecular complexity index is 658. The summed E-state index contributed by atoms with van der Waals surface area (Å²) in [5.41, 5.74) is 2.92. The van der Waals surface area contributed by atoms with Crippen LogP contribution in [0.2, 0.25) is 0 Å². The summed E-state index contributed by atoms with van der Waals surface area (Å²) >= 11 is 0. The summed E-state index contributed by atoms with van der Waals surface area (Å²) in [5.74, 6) is 3.53. The van der Waals surface area contributed by atoms with Crippen LogP contribution in [-0.2, 0) is 11.8 Å². The molecular weight excluding hydrogens is 278 g/mol. The van der Waals surface area contributed by atoms with Gasteiger partial charge in [-0.3, -0.25) is 0 Å². The van der Waals surface area contributed by atoms with E-state index in [1.165, 1.54) is 11.1 Å². The topological polar surface area (TPSA) is 45.2 Å². The van der Waals surface area contributed by atoms with Crippen molar-refractivity contribution in [1.82, 2.24) is 4.90 Å². The molecule has 0 aromatic heterocycles. The first-order valence-electron chi connectivity index (χ1n) is 8.44. The molecule has 0 radical (unpaired) electrons. The van der Waals surface area contributed by atoms with Gasteiger partial charge in [-0.15, -0.1) is 0 Å². The van der Waals surface area contributed by atoms with Crippen molar-refractivity contribution in [2.45, 2.75) is 49.7 Å². The largest absolute Gasteiger partial charge is 0.493 e. The molecule has 2 aliphatic heterocycles. The molecule has 118 valence electrons. The van der Waals surface area contributed by atoms with Crippen molar-refractivity contribution in [2.75, 3.05) is 20.7 Å². The number of methoxy groups -OCH3 is 1. The SMILES string of the molecule is COc1cc2c(c3c1O3)C[C@@H]1[C@@H]3CC[C@H](O)C[C@]23CCN1C. The minimum absolute atomic E-state index is 0.122. The Labute approximate surface area is 131 Å². The van der Waals surface area contributed by atoms with Gasteiger partial charge in [-0.2, -0.15) is 0 Å². The van der Waals surface area contributed by atoms with Gasteiger partial charge in [-0.25, -0.2) is 0 Å². The summed E-state index contributed by atoms with van der Waals surface area (Å²) in [4.78, 5) is 2.53. The smallest absolute Gasteiger partial charge is 0.212 e. The lowest BCUT2D eigenvalue weighted by atomic mass is 9.52. The van der Waals surface area contributed by atoms with Crippen molar-refractivity contribution in [1.29, 1.82) is 0 Å². The van der Waals surface area contributed by atoms with Crippen LogP contribution >= 0.6 is 0 Å². The van der Waals surface area contributed by atoms with Gasteiger partial charge in [0.15, 0.2) is 11.5 Å². The number of nitrogens with zero attached hydrogens (tertiary/aromatic N) is 1. The molecule has 2 bridgehead atoms. The van der Waals surface area contributed by atoms with Gasteiger partial charge < -0.3 is 19.5 Å². The number of benzene rings is 1. The standard InChI is InChI=1S/C18H23NO3/c1-19-6-5-18-9-10(20)3-4-12(18)14(19)7-11-13(18)8-15(21-2)17-16(11)22-17/h8,10,12,14,20H,3-7,9H2,1-2H3/t10-,12-,14+,18-/m0/s1. The van der Waals surface area contributed by atoms with E-state index in [0.717, 1.165) is 55.9 Å². The summed E-state index contributed by atoms with van der Waals surface area (Å²) in [6.07, 6.45) is 5.04. The maximum absolute atomic E-state index is 10.4. The molecule has 1 aromatic carbocycles. The van der Waals surface area contributed by atoms with E-state index in [2.05, 4.69) is 18.0 Å². The van der Waals surface area contributed by atoms with Crippen molar-refractivity contribution in [3.8, 4) is 17.2 Å². The third kappa shape index (κ3) is 1.50. The number of ether oxygens (including phenoxy) is 2. The molecule has 4 heteroatoms. The Morgan fingerprint density at radius 3 is 3.05 bits per heavy atom. The molecule has 4 nitrogen and oxygen atoms in total. The summed E-state index contributed by atoms with van der Waals surface area (Å²) in [6, 6.07) is 2.81. The molecule has 1 saturated carbocycles. The molecule has 1 saturated heterocycles. The number of piperidine rings is 1. The first-order chi connectivity index (χ1) is 10.6. The maximum atomic E-state index is 10.4. The van der Waals surface area contributed by atoms with Crippen LogP contribution in [0.5, 0.6) is 17.2 Å². The first-order valence-corrected chi connectivity index (χ1v) is 8.44. The Hall–Kier alpha value is -1.26. The number of hydrogen-bond acceptors (Lipinski definition) is 4. The van der Waals surface area contributed by atoms with Crippen LogP contribution in [0, 0.1) is 5.92 Å². The predicted octanol–water partition coefficient (Wildman–Crippen LogP) is 2.46. The van der Waals surface area contributed by atoms with Crippen molar-refractivity contribution in [3.63, 3.8) is 0 Å². The Balaban J connectivity index is 1.73. The van der Waals surface area contributed by atoms with Crippen LogP contribution in [0.4, 0.5) is 0 Å². The number of aliphatic hydroxyl groups excluding tert-OH is 1. The fourth-order valence-corrected chi connectivity index (χ4v) is 5.61. The van der Waals surface area contributed by atoms with E-state index >= 15 is 0 Å². The van der Waals surface area contributed by atoms with Crippen LogP contribution in [0.3, 0.4) is 0 Å². The Morgan fingerprint density at radius 2 is 2.23 bits per heavy atom. The summed E-state index contributed by atoms with van der Waals surface area (Å²) in [6.45, 7) is 1.12. The highest BCUT2D eigenvalue weighted by atomic mass is 16.6. The molecule has 2 fully saturated rings. The van der Waals surface area contributed by atoms with Crippen molar-refractivity contribution in [2.24, 2.45) is 5.92 Å². The van der Waals surface area contributed by atoms with Crippen LogP contribution in [0.25, 0.3) is 0 Å². The lowest BCUT2D eigenvalue weighted by Gasteiger charge is -2.58. The zero-order chi connectivity index (χ0) is 15.1. The maximum Gasteiger partial charge on any atom is 0.212 e. The van der Waals surface area contributed by atoms with Gasteiger partial charge >= 0.3 is 0 Å². The molecule has 4 aliphatic rings. The second kappa shape index (κ2) is 4.18. The van der Waals surface area contributed by atoms with Gasteiger partial charge in [0.25, 0.3) is 0 Å². The summed E-state index contributed by atoms with van der Waals surface area (Å²) < 4.78 is 11.3. The second-order valence-corrected chi connectivity index (χ2v) is 7.57. The van der Waals surface area contributed by atoms with Crippen LogP contribution in [0.1, 0.15) is 36.8 Å². The van der Waals surface area contributed by atoms with E-state index < -0.39 is 0 Å². The summed E-state index contributed by atoms with van der Waals surface area (Å²) in [7, 11) is 3.97. The molecule has 4 atom stereocenters. The zero-order valence-electron chi connectivity index (χ0n) is 13.3. The van der Waals surface area contributed by atoms with Gasteiger partial charge in [0.2, 0.25) is 5.75 Å². The number of rotatable bonds is 1. The molecule has 0 unspecified atom stereocenters. The minimum Gasteiger partial charge on any atom is -0.493 e. The van der Waals surface area contributed by atoms with Gasteiger partial charge in [0.1, 0.15) is 0 Å². The van der Waals surface area contributed by atoms with Gasteiger partial charge in [-0.05, 0) is 63.2 Å². The van der Waals surface area contributed by atoms with E-state index in [4.69, 9.17) is 9.47 Å². The molecule has 22 heavy (non-hydrogen) atoms. The lowest BCUT2D eigenvalue weighted by molar-refractivity contribution is -0.0393. The highest BCUT2D eigenvalue weighted by molar-refractivity contribution is 5.71. The third-order valence-electron chi connectivity index (χ3n) is 6.70. The number of likely N-dealkylation sites (N-methyl/N-ethyl adjacent to an activating group) is 1. The Morgan fingerprint density at radius 1 is 1.36 bits per heavy atom. The second-order valence-electron chi connectivity index (χ2n) is 7.57. The van der Waals surface area contributed by atoms with Gasteiger partial charge in [-0.1, -0.05) is 0 Å². The molecule has 2 aliphatic carbocycles. The van der Waals surface area contributed by atoms with Crippen LogP contribution in [0.15, 0.2) is 6.07 Å². The van der Waals surface area contributed by atoms with E-state index in [1.807, 2.05) is 0 Å². The predicted molar refractivity (Wildman–Crippen MR) is 82.8 cm³/mol. The molecule has 1 N–H and O–H groups in total.